The summed E-state index contributed by atoms with van der Waals surface area (Å²) in [7, 11) is 0. The van der Waals surface area contributed by atoms with E-state index < -0.39 is 23.3 Å². The number of thiazole rings is 1. The van der Waals surface area contributed by atoms with Crippen molar-refractivity contribution >= 4 is 23.2 Å². The van der Waals surface area contributed by atoms with Crippen LogP contribution in [-0.2, 0) is 22.4 Å². The minimum Gasteiger partial charge on any atom is -0.445 e. The molecule has 1 amide bonds. The molecule has 8 nitrogen and oxygen atoms in total. The third kappa shape index (κ3) is 3.82. The van der Waals surface area contributed by atoms with Crippen molar-refractivity contribution in [3.63, 3.8) is 0 Å². The summed E-state index contributed by atoms with van der Waals surface area (Å²) in [6.07, 6.45) is 3.12. The predicted octanol–water partition coefficient (Wildman–Crippen LogP) is 2.91. The smallest absolute Gasteiger partial charge is 0.351 e. The summed E-state index contributed by atoms with van der Waals surface area (Å²) in [6.45, 7) is 3.52. The van der Waals surface area contributed by atoms with Crippen LogP contribution in [0.25, 0.3) is 11.4 Å². The van der Waals surface area contributed by atoms with Crippen LogP contribution in [0.3, 0.4) is 0 Å². The lowest BCUT2D eigenvalue weighted by Gasteiger charge is -2.11. The largest absolute Gasteiger partial charge is 0.445 e. The van der Waals surface area contributed by atoms with Crippen LogP contribution in [0.15, 0.2) is 22.9 Å². The third-order valence-corrected chi connectivity index (χ3v) is 6.21. The number of rotatable bonds is 7. The summed E-state index contributed by atoms with van der Waals surface area (Å²) in [5.41, 5.74) is 6.62. The molecule has 0 bridgehead atoms. The maximum Gasteiger partial charge on any atom is 0.351 e. The molecular weight excluding hydrogens is 411 g/mol. The van der Waals surface area contributed by atoms with E-state index in [9.17, 15) is 14.0 Å². The van der Waals surface area contributed by atoms with Gasteiger partial charge in [0.1, 0.15) is 22.1 Å². The summed E-state index contributed by atoms with van der Waals surface area (Å²) in [5, 5.41) is 4.79. The highest BCUT2D eigenvalue weighted by molar-refractivity contribution is 7.13. The van der Waals surface area contributed by atoms with Gasteiger partial charge in [0.25, 0.3) is 5.91 Å². The first-order chi connectivity index (χ1) is 14.3. The highest BCUT2D eigenvalue weighted by atomic mass is 32.1. The number of amides is 1. The molecule has 156 valence electrons. The van der Waals surface area contributed by atoms with Crippen LogP contribution in [0.2, 0.25) is 0 Å². The molecule has 30 heavy (non-hydrogen) atoms. The fraction of sp³-hybridized carbons (Fsp3) is 0.350. The molecular formula is C20H19FN4O4S. The Bertz CT molecular complexity index is 1120. The van der Waals surface area contributed by atoms with Crippen molar-refractivity contribution in [1.82, 2.24) is 15.1 Å². The van der Waals surface area contributed by atoms with E-state index in [1.807, 2.05) is 0 Å². The average Bonchev–Trinajstić information content (AvgIpc) is 3.26. The van der Waals surface area contributed by atoms with E-state index in [2.05, 4.69) is 15.1 Å². The quantitative estimate of drug-likeness (QED) is 0.572. The molecule has 3 aromatic rings. The number of nitrogens with two attached hydrogens (primary N) is 1. The molecule has 1 fully saturated rings. The maximum absolute atomic E-state index is 13.2. The van der Waals surface area contributed by atoms with Gasteiger partial charge in [-0.25, -0.2) is 14.2 Å². The molecule has 0 saturated heterocycles. The van der Waals surface area contributed by atoms with Crippen molar-refractivity contribution in [3.05, 3.63) is 51.0 Å². The fourth-order valence-electron chi connectivity index (χ4n) is 3.12. The van der Waals surface area contributed by atoms with Crippen molar-refractivity contribution in [3.8, 4) is 11.4 Å². The zero-order valence-electron chi connectivity index (χ0n) is 16.4. The lowest BCUT2D eigenvalue weighted by Crippen LogP contribution is -2.35. The molecule has 0 aliphatic heterocycles. The summed E-state index contributed by atoms with van der Waals surface area (Å²) >= 11 is 1.23. The number of carbonyl (C=O) groups excluding carboxylic acids is 2. The van der Waals surface area contributed by atoms with E-state index in [0.717, 1.165) is 16.8 Å². The Kier molecular flexibility index (Phi) is 5.10. The first-order valence-corrected chi connectivity index (χ1v) is 10.2. The summed E-state index contributed by atoms with van der Waals surface area (Å²) in [6, 6.07) is 2.86. The van der Waals surface area contributed by atoms with Gasteiger partial charge in [-0.15, -0.1) is 11.3 Å². The van der Waals surface area contributed by atoms with Gasteiger partial charge in [-0.1, -0.05) is 5.16 Å². The van der Waals surface area contributed by atoms with Crippen LogP contribution in [0.5, 0.6) is 0 Å². The SMILES string of the molecule is Cc1nc(CCc2c(-c3ccc(F)cn3)noc2C)sc1C(=O)OC1(C(N)=O)CC1. The molecule has 1 saturated carbocycles. The number of pyridine rings is 1. The molecule has 0 radical (unpaired) electrons. The normalized spacial score (nSPS) is 14.5. The van der Waals surface area contributed by atoms with Gasteiger partial charge in [0.05, 0.1) is 22.6 Å². The number of primary amides is 1. The van der Waals surface area contributed by atoms with Crippen LogP contribution >= 0.6 is 11.3 Å². The Morgan fingerprint density at radius 1 is 1.30 bits per heavy atom. The second kappa shape index (κ2) is 7.60. The van der Waals surface area contributed by atoms with E-state index >= 15 is 0 Å². The monoisotopic (exact) mass is 430 g/mol. The van der Waals surface area contributed by atoms with E-state index in [1.165, 1.54) is 17.4 Å². The fourth-order valence-corrected chi connectivity index (χ4v) is 4.06. The van der Waals surface area contributed by atoms with E-state index in [1.54, 1.807) is 19.9 Å². The molecule has 3 heterocycles. The van der Waals surface area contributed by atoms with Crippen molar-refractivity contribution in [2.45, 2.75) is 45.1 Å². The Morgan fingerprint density at radius 2 is 2.07 bits per heavy atom. The van der Waals surface area contributed by atoms with Crippen LogP contribution in [0, 0.1) is 19.7 Å². The minimum absolute atomic E-state index is 0.361. The number of nitrogens with zero attached hydrogens (tertiary/aromatic N) is 3. The molecule has 0 unspecified atom stereocenters. The summed E-state index contributed by atoms with van der Waals surface area (Å²) in [5.74, 6) is -0.989. The molecule has 0 aromatic carbocycles. The van der Waals surface area contributed by atoms with Crippen LogP contribution in [0.1, 0.15) is 44.5 Å². The van der Waals surface area contributed by atoms with Gasteiger partial charge in [0, 0.05) is 24.8 Å². The lowest BCUT2D eigenvalue weighted by molar-refractivity contribution is -0.128. The standard InChI is InChI=1S/C20H19FN4O4S/c1-10-17(18(26)28-20(7-8-20)19(22)27)30-15(24-10)6-4-13-11(2)29-25-16(13)14-5-3-12(21)9-23-14/h3,5,9H,4,6-8H2,1-2H3,(H2,22,27). The Labute approximate surface area is 175 Å². The van der Waals surface area contributed by atoms with Gasteiger partial charge in [-0.3, -0.25) is 9.78 Å². The number of aryl methyl sites for hydroxylation is 3. The summed E-state index contributed by atoms with van der Waals surface area (Å²) < 4.78 is 23.8. The van der Waals surface area contributed by atoms with Gasteiger partial charge in [0.15, 0.2) is 5.60 Å². The topological polar surface area (TPSA) is 121 Å². The van der Waals surface area contributed by atoms with Gasteiger partial charge >= 0.3 is 5.97 Å². The molecule has 3 aromatic heterocycles. The number of hydrogen-bond acceptors (Lipinski definition) is 8. The number of hydrogen-bond donors (Lipinski definition) is 1. The van der Waals surface area contributed by atoms with Crippen LogP contribution in [-0.4, -0.2) is 32.6 Å². The first kappa shape index (κ1) is 20.1. The molecule has 0 atom stereocenters. The van der Waals surface area contributed by atoms with Crippen molar-refractivity contribution in [1.29, 1.82) is 0 Å². The first-order valence-electron chi connectivity index (χ1n) is 9.36. The molecule has 10 heteroatoms. The molecule has 4 rings (SSSR count). The zero-order chi connectivity index (χ0) is 21.5. The Hall–Kier alpha value is -3.14. The van der Waals surface area contributed by atoms with Gasteiger partial charge in [-0.2, -0.15) is 0 Å². The number of ether oxygens (including phenoxy) is 1. The van der Waals surface area contributed by atoms with E-state index in [0.29, 0.717) is 53.4 Å². The maximum atomic E-state index is 13.2. The number of esters is 1. The second-order valence-electron chi connectivity index (χ2n) is 7.20. The molecule has 1 aliphatic rings. The summed E-state index contributed by atoms with van der Waals surface area (Å²) in [4.78, 5) is 32.8. The minimum atomic E-state index is -1.16. The molecule has 2 N–H and O–H groups in total. The highest BCUT2D eigenvalue weighted by Gasteiger charge is 2.53. The van der Waals surface area contributed by atoms with Crippen LogP contribution < -0.4 is 5.73 Å². The van der Waals surface area contributed by atoms with Gasteiger partial charge in [0.2, 0.25) is 0 Å². The number of carbonyl (C=O) groups is 2. The van der Waals surface area contributed by atoms with E-state index in [4.69, 9.17) is 15.0 Å². The predicted molar refractivity (Wildman–Crippen MR) is 105 cm³/mol. The van der Waals surface area contributed by atoms with Gasteiger partial charge < -0.3 is 15.0 Å². The number of aromatic nitrogens is 3. The lowest BCUT2D eigenvalue weighted by atomic mass is 10.1. The third-order valence-electron chi connectivity index (χ3n) is 5.01. The van der Waals surface area contributed by atoms with Crippen LogP contribution in [0.4, 0.5) is 4.39 Å². The zero-order valence-corrected chi connectivity index (χ0v) is 17.2. The van der Waals surface area contributed by atoms with Gasteiger partial charge in [-0.05, 0) is 32.4 Å². The van der Waals surface area contributed by atoms with E-state index in [-0.39, 0.29) is 0 Å². The average molecular weight is 430 g/mol. The highest BCUT2D eigenvalue weighted by Crippen LogP contribution is 2.40. The van der Waals surface area contributed by atoms with Crippen molar-refractivity contribution in [2.24, 2.45) is 5.73 Å². The second-order valence-corrected chi connectivity index (χ2v) is 8.28. The Morgan fingerprint density at radius 3 is 2.70 bits per heavy atom. The Balaban J connectivity index is 1.48. The molecule has 0 spiro atoms. The van der Waals surface area contributed by atoms with Crippen molar-refractivity contribution < 1.29 is 23.2 Å². The number of halogens is 1. The van der Waals surface area contributed by atoms with Crippen molar-refractivity contribution in [2.75, 3.05) is 0 Å². The molecule has 1 aliphatic carbocycles.